The van der Waals surface area contributed by atoms with Crippen LogP contribution in [0.5, 0.6) is 0 Å². The summed E-state index contributed by atoms with van der Waals surface area (Å²) in [6.45, 7) is 12.0. The molecule has 0 aliphatic heterocycles. The van der Waals surface area contributed by atoms with Crippen molar-refractivity contribution in [1.29, 1.82) is 0 Å². The first-order valence-corrected chi connectivity index (χ1v) is 9.86. The van der Waals surface area contributed by atoms with Gasteiger partial charge in [-0.3, -0.25) is 9.59 Å². The lowest BCUT2D eigenvalue weighted by atomic mass is 9.43. The predicted octanol–water partition coefficient (Wildman–Crippen LogP) is 4.65. The highest BCUT2D eigenvalue weighted by molar-refractivity contribution is 5.79. The van der Waals surface area contributed by atoms with Crippen LogP contribution in [0.1, 0.15) is 86.5 Å². The van der Waals surface area contributed by atoms with Gasteiger partial charge in [0.05, 0.1) is 11.3 Å². The molecule has 4 bridgehead atoms. The lowest BCUT2D eigenvalue weighted by Crippen LogP contribution is -2.63. The highest BCUT2D eigenvalue weighted by atomic mass is 16.6. The summed E-state index contributed by atoms with van der Waals surface area (Å²) in [7, 11) is 0. The molecule has 0 aromatic carbocycles. The number of carbonyl (C=O) groups excluding carboxylic acids is 2. The van der Waals surface area contributed by atoms with Gasteiger partial charge < -0.3 is 9.47 Å². The van der Waals surface area contributed by atoms with Gasteiger partial charge in [-0.25, -0.2) is 0 Å². The van der Waals surface area contributed by atoms with Crippen molar-refractivity contribution in [3.05, 3.63) is 0 Å². The fourth-order valence-corrected chi connectivity index (χ4v) is 6.03. The summed E-state index contributed by atoms with van der Waals surface area (Å²) in [5.41, 5.74) is -1.35. The molecular weight excluding hydrogens is 316 g/mol. The first-order valence-electron chi connectivity index (χ1n) is 9.86. The zero-order valence-electron chi connectivity index (χ0n) is 16.7. The Labute approximate surface area is 152 Å². The minimum atomic E-state index is -0.484. The van der Waals surface area contributed by atoms with E-state index in [1.807, 2.05) is 34.6 Å². The molecule has 0 radical (unpaired) electrons. The van der Waals surface area contributed by atoms with Crippen molar-refractivity contribution in [2.75, 3.05) is 0 Å². The van der Waals surface area contributed by atoms with Gasteiger partial charge in [0.2, 0.25) is 0 Å². The van der Waals surface area contributed by atoms with E-state index >= 15 is 0 Å². The second-order valence-electron chi connectivity index (χ2n) is 10.5. The molecule has 4 rings (SSSR count). The van der Waals surface area contributed by atoms with E-state index in [9.17, 15) is 9.59 Å². The molecule has 4 saturated carbocycles. The van der Waals surface area contributed by atoms with E-state index in [4.69, 9.17) is 9.47 Å². The van der Waals surface area contributed by atoms with E-state index in [0.29, 0.717) is 12.3 Å². The molecule has 5 unspecified atom stereocenters. The van der Waals surface area contributed by atoms with Crippen molar-refractivity contribution in [3.63, 3.8) is 0 Å². The largest absolute Gasteiger partial charge is 0.460 e. The number of hydrogen-bond donors (Lipinski definition) is 0. The maximum atomic E-state index is 13.1. The van der Waals surface area contributed by atoms with E-state index in [0.717, 1.165) is 38.5 Å². The van der Waals surface area contributed by atoms with Gasteiger partial charge in [0.15, 0.2) is 0 Å². The fraction of sp³-hybridized carbons (Fsp3) is 0.905. The van der Waals surface area contributed by atoms with E-state index in [1.54, 1.807) is 0 Å². The van der Waals surface area contributed by atoms with Gasteiger partial charge >= 0.3 is 11.9 Å². The topological polar surface area (TPSA) is 52.6 Å². The van der Waals surface area contributed by atoms with Gasteiger partial charge in [-0.1, -0.05) is 20.8 Å². The molecule has 0 saturated heterocycles. The number of carbonyl (C=O) groups is 2. The highest BCUT2D eigenvalue weighted by Crippen LogP contribution is 2.68. The summed E-state index contributed by atoms with van der Waals surface area (Å²) in [5.74, 6) is 0.184. The molecule has 4 nitrogen and oxygen atoms in total. The maximum Gasteiger partial charge on any atom is 0.312 e. The van der Waals surface area contributed by atoms with Crippen LogP contribution < -0.4 is 0 Å². The Balaban J connectivity index is 1.88. The monoisotopic (exact) mass is 350 g/mol. The van der Waals surface area contributed by atoms with E-state index in [2.05, 4.69) is 6.92 Å². The number of ether oxygens (including phenoxy) is 2. The first-order chi connectivity index (χ1) is 11.4. The van der Waals surface area contributed by atoms with Crippen LogP contribution in [0.25, 0.3) is 0 Å². The van der Waals surface area contributed by atoms with Crippen LogP contribution in [0.4, 0.5) is 0 Å². The van der Waals surface area contributed by atoms with Gasteiger partial charge in [0.25, 0.3) is 0 Å². The van der Waals surface area contributed by atoms with Gasteiger partial charge in [-0.2, -0.15) is 0 Å². The Bertz CT molecular complexity index is 577. The average Bonchev–Trinajstić information content (AvgIpc) is 2.41. The van der Waals surface area contributed by atoms with Crippen molar-refractivity contribution < 1.29 is 19.1 Å². The van der Waals surface area contributed by atoms with Crippen LogP contribution >= 0.6 is 0 Å². The van der Waals surface area contributed by atoms with E-state index in [1.165, 1.54) is 0 Å². The molecule has 0 aromatic rings. The van der Waals surface area contributed by atoms with Crippen molar-refractivity contribution in [3.8, 4) is 0 Å². The maximum absolute atomic E-state index is 13.1. The minimum Gasteiger partial charge on any atom is -0.460 e. The van der Waals surface area contributed by atoms with Crippen LogP contribution in [0, 0.1) is 22.7 Å². The Morgan fingerprint density at radius 3 is 2.36 bits per heavy atom. The van der Waals surface area contributed by atoms with Crippen LogP contribution in [-0.4, -0.2) is 23.1 Å². The normalized spacial score (nSPS) is 40.6. The second kappa shape index (κ2) is 5.72. The SMILES string of the molecule is CCC(C)C(=O)OC12CC3CC(C)(C1)CC(C(=O)OC(C)(C)C)(C3)C2. The lowest BCUT2D eigenvalue weighted by Gasteiger charge is -2.64. The molecule has 4 heteroatoms. The summed E-state index contributed by atoms with van der Waals surface area (Å²) in [5, 5.41) is 0. The molecule has 0 amide bonds. The van der Waals surface area contributed by atoms with Crippen LogP contribution in [0.3, 0.4) is 0 Å². The zero-order chi connectivity index (χ0) is 18.7. The molecule has 0 heterocycles. The van der Waals surface area contributed by atoms with E-state index in [-0.39, 0.29) is 23.3 Å². The molecule has 0 aromatic heterocycles. The third-order valence-corrected chi connectivity index (χ3v) is 6.46. The molecular formula is C21H34O4. The van der Waals surface area contributed by atoms with Gasteiger partial charge in [0.1, 0.15) is 11.2 Å². The predicted molar refractivity (Wildman–Crippen MR) is 95.9 cm³/mol. The highest BCUT2D eigenvalue weighted by Gasteiger charge is 2.66. The standard InChI is InChI=1S/C21H34O4/c1-7-14(2)16(22)24-21-10-15-8-19(6,12-21)11-20(9-15,13-21)17(23)25-18(3,4)5/h14-15H,7-13H2,1-6H3. The Morgan fingerprint density at radius 2 is 1.80 bits per heavy atom. The third-order valence-electron chi connectivity index (χ3n) is 6.46. The third kappa shape index (κ3) is 3.46. The summed E-state index contributed by atoms with van der Waals surface area (Å²) in [6, 6.07) is 0. The van der Waals surface area contributed by atoms with Crippen LogP contribution in [0.2, 0.25) is 0 Å². The number of hydrogen-bond acceptors (Lipinski definition) is 4. The summed E-state index contributed by atoms with van der Waals surface area (Å²) < 4.78 is 11.9. The second-order valence-corrected chi connectivity index (χ2v) is 10.5. The quantitative estimate of drug-likeness (QED) is 0.693. The van der Waals surface area contributed by atoms with Gasteiger partial charge in [0, 0.05) is 6.42 Å². The Kier molecular flexibility index (Phi) is 4.28. The van der Waals surface area contributed by atoms with Crippen molar-refractivity contribution in [2.45, 2.75) is 97.7 Å². The fourth-order valence-electron chi connectivity index (χ4n) is 6.03. The number of rotatable bonds is 4. The first kappa shape index (κ1) is 18.7. The molecule has 5 atom stereocenters. The zero-order valence-corrected chi connectivity index (χ0v) is 16.7. The van der Waals surface area contributed by atoms with Crippen molar-refractivity contribution >= 4 is 11.9 Å². The molecule has 0 N–H and O–H groups in total. The molecule has 4 fully saturated rings. The Hall–Kier alpha value is -1.06. The van der Waals surface area contributed by atoms with E-state index < -0.39 is 16.6 Å². The molecule has 0 spiro atoms. The van der Waals surface area contributed by atoms with Crippen LogP contribution in [-0.2, 0) is 19.1 Å². The minimum absolute atomic E-state index is 0.0755. The number of esters is 2. The lowest BCUT2D eigenvalue weighted by molar-refractivity contribution is -0.233. The van der Waals surface area contributed by atoms with Crippen molar-refractivity contribution in [1.82, 2.24) is 0 Å². The van der Waals surface area contributed by atoms with Gasteiger partial charge in [-0.15, -0.1) is 0 Å². The molecule has 4 aliphatic rings. The smallest absolute Gasteiger partial charge is 0.312 e. The van der Waals surface area contributed by atoms with Gasteiger partial charge in [-0.05, 0) is 70.6 Å². The summed E-state index contributed by atoms with van der Waals surface area (Å²) in [6.07, 6.45) is 6.13. The Morgan fingerprint density at radius 1 is 1.12 bits per heavy atom. The molecule has 4 aliphatic carbocycles. The molecule has 25 heavy (non-hydrogen) atoms. The van der Waals surface area contributed by atoms with Crippen LogP contribution in [0.15, 0.2) is 0 Å². The summed E-state index contributed by atoms with van der Waals surface area (Å²) >= 11 is 0. The summed E-state index contributed by atoms with van der Waals surface area (Å²) in [4.78, 5) is 25.6. The van der Waals surface area contributed by atoms with Crippen molar-refractivity contribution in [2.24, 2.45) is 22.7 Å². The average molecular weight is 350 g/mol. The molecule has 142 valence electrons.